The smallest absolute Gasteiger partial charge is 0.213 e. The fourth-order valence-corrected chi connectivity index (χ4v) is 0.433. The number of aromatic nitrogens is 2. The summed E-state index contributed by atoms with van der Waals surface area (Å²) in [5.74, 6) is 1.14. The van der Waals surface area contributed by atoms with E-state index in [9.17, 15) is 0 Å². The molecule has 0 saturated carbocycles. The van der Waals surface area contributed by atoms with E-state index in [1.807, 2.05) is 13.8 Å². The van der Waals surface area contributed by atoms with Gasteiger partial charge in [-0.25, -0.2) is 0 Å². The van der Waals surface area contributed by atoms with Crippen molar-refractivity contribution in [3.8, 4) is 0 Å². The summed E-state index contributed by atoms with van der Waals surface area (Å²) in [6.45, 7) is 4.04. The summed E-state index contributed by atoms with van der Waals surface area (Å²) >= 11 is 0. The second-order valence-electron chi connectivity index (χ2n) is 1.94. The second kappa shape index (κ2) is 1.94. The molecule has 0 fully saturated rings. The molecule has 0 unspecified atom stereocenters. The van der Waals surface area contributed by atoms with Crippen LogP contribution in [-0.2, 0) is 0 Å². The van der Waals surface area contributed by atoms with E-state index >= 15 is 0 Å². The summed E-state index contributed by atoms with van der Waals surface area (Å²) in [4.78, 5) is 3.84. The molecule has 1 rings (SSSR count). The molecule has 0 N–H and O–H groups in total. The van der Waals surface area contributed by atoms with Crippen LogP contribution >= 0.6 is 0 Å². The predicted octanol–water partition coefficient (Wildman–Crippen LogP) is 1.19. The van der Waals surface area contributed by atoms with Gasteiger partial charge in [0.1, 0.15) is 0 Å². The van der Waals surface area contributed by atoms with Gasteiger partial charge in [0.05, 0.1) is 0 Å². The van der Waals surface area contributed by atoms with Gasteiger partial charge in [-0.05, 0) is 0 Å². The van der Waals surface area contributed by atoms with Gasteiger partial charge in [-0.1, -0.05) is 19.0 Å². The van der Waals surface area contributed by atoms with Crippen molar-refractivity contribution in [2.24, 2.45) is 0 Å². The molecule has 0 aliphatic heterocycles. The highest BCUT2D eigenvalue weighted by molar-refractivity contribution is 4.84. The van der Waals surface area contributed by atoms with Crippen LogP contribution in [-0.4, -0.2) is 10.1 Å². The molecule has 0 radical (unpaired) electrons. The van der Waals surface area contributed by atoms with Crippen LogP contribution in [0.3, 0.4) is 0 Å². The number of nitrogens with zero attached hydrogens (tertiary/aromatic N) is 2. The molecule has 0 spiro atoms. The van der Waals surface area contributed by atoms with Gasteiger partial charge in [-0.2, -0.15) is 4.98 Å². The Bertz CT molecular complexity index is 145. The minimum absolute atomic E-state index is 0.369. The van der Waals surface area contributed by atoms with E-state index in [1.165, 1.54) is 6.39 Å². The highest BCUT2D eigenvalue weighted by Crippen LogP contribution is 2.05. The molecule has 0 aromatic carbocycles. The van der Waals surface area contributed by atoms with Gasteiger partial charge in [0.25, 0.3) is 0 Å². The summed E-state index contributed by atoms with van der Waals surface area (Å²) in [7, 11) is 0. The fraction of sp³-hybridized carbons (Fsp3) is 0.600. The molecule has 3 nitrogen and oxygen atoms in total. The molecule has 0 saturated heterocycles. The van der Waals surface area contributed by atoms with Crippen LogP contribution in [0.1, 0.15) is 25.6 Å². The number of hydrogen-bond donors (Lipinski definition) is 0. The minimum atomic E-state index is 0.369. The number of hydrogen-bond acceptors (Lipinski definition) is 3. The Morgan fingerprint density at radius 2 is 2.38 bits per heavy atom. The van der Waals surface area contributed by atoms with Gasteiger partial charge in [0.2, 0.25) is 6.39 Å². The van der Waals surface area contributed by atoms with E-state index in [0.717, 1.165) is 5.82 Å². The Morgan fingerprint density at radius 1 is 1.62 bits per heavy atom. The maximum atomic E-state index is 4.51. The van der Waals surface area contributed by atoms with Gasteiger partial charge in [-0.3, -0.25) is 0 Å². The van der Waals surface area contributed by atoms with E-state index < -0.39 is 0 Å². The molecular weight excluding hydrogens is 104 g/mol. The van der Waals surface area contributed by atoms with E-state index in [2.05, 4.69) is 14.7 Å². The SMILES string of the molecule is CC(C)c1ncon1. The zero-order chi connectivity index (χ0) is 5.98. The van der Waals surface area contributed by atoms with Crippen LogP contribution < -0.4 is 0 Å². The van der Waals surface area contributed by atoms with Crippen molar-refractivity contribution in [2.75, 3.05) is 0 Å². The fourth-order valence-electron chi connectivity index (χ4n) is 0.433. The quantitative estimate of drug-likeness (QED) is 0.547. The monoisotopic (exact) mass is 112 g/mol. The van der Waals surface area contributed by atoms with Crippen LogP contribution in [0, 0.1) is 0 Å². The molecule has 1 heterocycles. The van der Waals surface area contributed by atoms with Crippen molar-refractivity contribution in [3.63, 3.8) is 0 Å². The van der Waals surface area contributed by atoms with Crippen LogP contribution in [0.2, 0.25) is 0 Å². The maximum absolute atomic E-state index is 4.51. The Balaban J connectivity index is 2.77. The summed E-state index contributed by atoms with van der Waals surface area (Å²) in [5, 5.41) is 3.63. The normalized spacial score (nSPS) is 10.4. The second-order valence-corrected chi connectivity index (χ2v) is 1.94. The molecule has 1 aromatic rings. The van der Waals surface area contributed by atoms with E-state index in [4.69, 9.17) is 0 Å². The van der Waals surface area contributed by atoms with E-state index in [-0.39, 0.29) is 0 Å². The maximum Gasteiger partial charge on any atom is 0.213 e. The summed E-state index contributed by atoms with van der Waals surface area (Å²) in [5.41, 5.74) is 0. The first-order chi connectivity index (χ1) is 3.80. The third kappa shape index (κ3) is 0.857. The molecule has 0 amide bonds. The lowest BCUT2D eigenvalue weighted by atomic mass is 10.2. The highest BCUT2D eigenvalue weighted by Gasteiger charge is 2.01. The Labute approximate surface area is 47.7 Å². The van der Waals surface area contributed by atoms with Gasteiger partial charge < -0.3 is 4.52 Å². The minimum Gasteiger partial charge on any atom is -0.343 e. The highest BCUT2D eigenvalue weighted by atomic mass is 16.5. The molecule has 0 bridgehead atoms. The predicted molar refractivity (Wildman–Crippen MR) is 28.4 cm³/mol. The lowest BCUT2D eigenvalue weighted by molar-refractivity contribution is 0.407. The number of rotatable bonds is 1. The zero-order valence-electron chi connectivity index (χ0n) is 4.96. The molecular formula is C5H8N2O. The summed E-state index contributed by atoms with van der Waals surface area (Å²) in [6.07, 6.45) is 1.34. The Kier molecular flexibility index (Phi) is 1.28. The average Bonchev–Trinajstić information content (AvgIpc) is 2.12. The first-order valence-corrected chi connectivity index (χ1v) is 2.57. The van der Waals surface area contributed by atoms with E-state index in [1.54, 1.807) is 0 Å². The molecule has 0 atom stereocenters. The van der Waals surface area contributed by atoms with Crippen LogP contribution in [0.25, 0.3) is 0 Å². The van der Waals surface area contributed by atoms with Gasteiger partial charge in [-0.15, -0.1) is 0 Å². The molecule has 0 aliphatic rings. The van der Waals surface area contributed by atoms with Crippen molar-refractivity contribution in [2.45, 2.75) is 19.8 Å². The molecule has 3 heteroatoms. The zero-order valence-corrected chi connectivity index (χ0v) is 4.96. The van der Waals surface area contributed by atoms with Gasteiger partial charge >= 0.3 is 0 Å². The third-order valence-electron chi connectivity index (χ3n) is 0.895. The topological polar surface area (TPSA) is 38.9 Å². The molecule has 44 valence electrons. The van der Waals surface area contributed by atoms with Crippen LogP contribution in [0.4, 0.5) is 0 Å². The first-order valence-electron chi connectivity index (χ1n) is 2.57. The lowest BCUT2D eigenvalue weighted by Gasteiger charge is -1.90. The van der Waals surface area contributed by atoms with Crippen LogP contribution in [0.15, 0.2) is 10.9 Å². The van der Waals surface area contributed by atoms with Crippen molar-refractivity contribution in [1.82, 2.24) is 10.1 Å². The van der Waals surface area contributed by atoms with Crippen molar-refractivity contribution in [3.05, 3.63) is 12.2 Å². The summed E-state index contributed by atoms with van der Waals surface area (Å²) in [6, 6.07) is 0. The molecule has 1 aromatic heterocycles. The average molecular weight is 112 g/mol. The van der Waals surface area contributed by atoms with Crippen molar-refractivity contribution >= 4 is 0 Å². The van der Waals surface area contributed by atoms with Crippen molar-refractivity contribution < 1.29 is 4.52 Å². The van der Waals surface area contributed by atoms with Gasteiger partial charge in [0.15, 0.2) is 5.82 Å². The summed E-state index contributed by atoms with van der Waals surface area (Å²) < 4.78 is 4.51. The standard InChI is InChI=1S/C5H8N2O/c1-4(2)5-6-3-8-7-5/h3-4H,1-2H3. The molecule has 8 heavy (non-hydrogen) atoms. The van der Waals surface area contributed by atoms with E-state index in [0.29, 0.717) is 5.92 Å². The first kappa shape index (κ1) is 5.28. The van der Waals surface area contributed by atoms with Crippen molar-refractivity contribution in [1.29, 1.82) is 0 Å². The third-order valence-corrected chi connectivity index (χ3v) is 0.895. The Hall–Kier alpha value is -0.860. The van der Waals surface area contributed by atoms with Crippen LogP contribution in [0.5, 0.6) is 0 Å². The van der Waals surface area contributed by atoms with Gasteiger partial charge in [0, 0.05) is 5.92 Å². The Morgan fingerprint density at radius 3 is 2.62 bits per heavy atom. The molecule has 0 aliphatic carbocycles. The largest absolute Gasteiger partial charge is 0.343 e. The lowest BCUT2D eigenvalue weighted by Crippen LogP contribution is -1.87.